The molecule has 1 atom stereocenters. The lowest BCUT2D eigenvalue weighted by Crippen LogP contribution is -2.15. The van der Waals surface area contributed by atoms with Crippen LogP contribution in [0.4, 0.5) is 0 Å². The summed E-state index contributed by atoms with van der Waals surface area (Å²) in [6.45, 7) is 1.95. The van der Waals surface area contributed by atoms with Crippen molar-refractivity contribution in [2.75, 3.05) is 0 Å². The topological polar surface area (TPSA) is 44.0 Å². The third kappa shape index (κ3) is 1.84. The summed E-state index contributed by atoms with van der Waals surface area (Å²) in [5, 5.41) is 17.7. The molecule has 0 amide bonds. The normalized spacial score (nSPS) is 30.3. The summed E-state index contributed by atoms with van der Waals surface area (Å²) in [4.78, 5) is 0. The smallest absolute Gasteiger partial charge is 0.129 e. The van der Waals surface area contributed by atoms with Crippen LogP contribution in [0.5, 0.6) is 0 Å². The van der Waals surface area contributed by atoms with Crippen LogP contribution in [-0.2, 0) is 0 Å². The van der Waals surface area contributed by atoms with Crippen LogP contribution in [0.15, 0.2) is 23.5 Å². The van der Waals surface area contributed by atoms with E-state index in [4.69, 9.17) is 10.4 Å². The Kier molecular flexibility index (Phi) is 2.05. The Hall–Kier alpha value is -0.750. The van der Waals surface area contributed by atoms with Gasteiger partial charge < -0.3 is 5.11 Å². The highest BCUT2D eigenvalue weighted by molar-refractivity contribution is 9.10. The van der Waals surface area contributed by atoms with Gasteiger partial charge >= 0.3 is 0 Å². The molecule has 11 heavy (non-hydrogen) atoms. The van der Waals surface area contributed by atoms with Gasteiger partial charge in [0.15, 0.2) is 0 Å². The van der Waals surface area contributed by atoms with Crippen LogP contribution >= 0.6 is 15.9 Å². The van der Waals surface area contributed by atoms with Crippen molar-refractivity contribution in [1.29, 1.82) is 5.26 Å². The van der Waals surface area contributed by atoms with Crippen LogP contribution in [0, 0.1) is 11.3 Å². The highest BCUT2D eigenvalue weighted by Gasteiger charge is 2.22. The molecule has 0 saturated carbocycles. The maximum Gasteiger partial charge on any atom is 0.129 e. The molecule has 1 aliphatic carbocycles. The van der Waals surface area contributed by atoms with Gasteiger partial charge in [0.05, 0.1) is 5.57 Å². The molecule has 1 N–H and O–H groups in total. The first kappa shape index (κ1) is 8.35. The molecular formula is C8H8BrNO. The Labute approximate surface area is 74.0 Å². The average Bonchev–Trinajstić information content (AvgIpc) is 1.94. The number of allylic oxidation sites excluding steroid dienone is 3. The van der Waals surface area contributed by atoms with Crippen molar-refractivity contribution < 1.29 is 5.11 Å². The Bertz CT molecular complexity index is 270. The number of rotatable bonds is 0. The van der Waals surface area contributed by atoms with E-state index in [-0.39, 0.29) is 10.1 Å². The number of nitriles is 1. The maximum absolute atomic E-state index is 9.15. The Morgan fingerprint density at radius 1 is 1.82 bits per heavy atom. The third-order valence-electron chi connectivity index (χ3n) is 1.54. The zero-order valence-electron chi connectivity index (χ0n) is 6.13. The van der Waals surface area contributed by atoms with Crippen LogP contribution in [0.2, 0.25) is 0 Å². The van der Waals surface area contributed by atoms with Crippen molar-refractivity contribution in [1.82, 2.24) is 0 Å². The van der Waals surface area contributed by atoms with Crippen LogP contribution < -0.4 is 0 Å². The van der Waals surface area contributed by atoms with Gasteiger partial charge in [0.25, 0.3) is 0 Å². The number of nitrogens with zero attached hydrogens (tertiary/aromatic N) is 1. The molecule has 1 aliphatic rings. The number of aliphatic hydroxyl groups excluding tert-OH is 1. The van der Waals surface area contributed by atoms with Crippen molar-refractivity contribution in [2.45, 2.75) is 17.7 Å². The predicted octanol–water partition coefficient (Wildman–Crippen LogP) is 2.44. The summed E-state index contributed by atoms with van der Waals surface area (Å²) in [6.07, 6.45) is 4.08. The predicted molar refractivity (Wildman–Crippen MR) is 46.4 cm³/mol. The number of aliphatic hydroxyl groups is 1. The van der Waals surface area contributed by atoms with Crippen molar-refractivity contribution in [3.05, 3.63) is 23.5 Å². The van der Waals surface area contributed by atoms with Gasteiger partial charge in [-0.15, -0.1) is 0 Å². The highest BCUT2D eigenvalue weighted by Crippen LogP contribution is 2.31. The molecule has 1 unspecified atom stereocenters. The van der Waals surface area contributed by atoms with Gasteiger partial charge in [-0.1, -0.05) is 15.9 Å². The van der Waals surface area contributed by atoms with E-state index in [0.29, 0.717) is 12.0 Å². The van der Waals surface area contributed by atoms with Crippen molar-refractivity contribution in [3.8, 4) is 6.07 Å². The van der Waals surface area contributed by atoms with Gasteiger partial charge in [-0.2, -0.15) is 5.26 Å². The fourth-order valence-electron chi connectivity index (χ4n) is 0.930. The molecular weight excluding hydrogens is 206 g/mol. The quantitative estimate of drug-likeness (QED) is 0.629. The first-order valence-electron chi connectivity index (χ1n) is 3.26. The molecule has 0 bridgehead atoms. The molecule has 1 rings (SSSR count). The minimum atomic E-state index is -0.176. The fourth-order valence-corrected chi connectivity index (χ4v) is 1.32. The molecule has 2 nitrogen and oxygen atoms in total. The highest BCUT2D eigenvalue weighted by atomic mass is 79.9. The number of hydrogen-bond donors (Lipinski definition) is 1. The van der Waals surface area contributed by atoms with E-state index in [1.807, 2.05) is 13.0 Å². The van der Waals surface area contributed by atoms with E-state index < -0.39 is 0 Å². The first-order valence-corrected chi connectivity index (χ1v) is 4.06. The molecule has 0 aromatic heterocycles. The molecule has 0 aromatic carbocycles. The summed E-state index contributed by atoms with van der Waals surface area (Å²) < 4.78 is -0.176. The van der Waals surface area contributed by atoms with Gasteiger partial charge in [-0.25, -0.2) is 0 Å². The standard InChI is InChI=1S/C8H8BrNO/c1-8(9)3-2-7(11)6(4-8)5-10/h2,4,11H,3H2,1H3. The van der Waals surface area contributed by atoms with Gasteiger partial charge in [0.1, 0.15) is 11.8 Å². The maximum atomic E-state index is 9.15. The Morgan fingerprint density at radius 3 is 2.91 bits per heavy atom. The summed E-state index contributed by atoms with van der Waals surface area (Å²) in [5.41, 5.74) is 0.343. The molecule has 0 fully saturated rings. The lowest BCUT2D eigenvalue weighted by molar-refractivity contribution is 0.418. The lowest BCUT2D eigenvalue weighted by atomic mass is 9.97. The summed E-state index contributed by atoms with van der Waals surface area (Å²) in [5.74, 6) is 0.0874. The Morgan fingerprint density at radius 2 is 2.45 bits per heavy atom. The fraction of sp³-hybridized carbons (Fsp3) is 0.375. The lowest BCUT2D eigenvalue weighted by Gasteiger charge is -2.20. The van der Waals surface area contributed by atoms with Crippen LogP contribution in [-0.4, -0.2) is 9.43 Å². The largest absolute Gasteiger partial charge is 0.507 e. The molecule has 0 aromatic rings. The van der Waals surface area contributed by atoms with Gasteiger partial charge in [-0.3, -0.25) is 0 Å². The van der Waals surface area contributed by atoms with E-state index in [1.165, 1.54) is 0 Å². The van der Waals surface area contributed by atoms with E-state index in [9.17, 15) is 0 Å². The minimum Gasteiger partial charge on any atom is -0.507 e. The van der Waals surface area contributed by atoms with E-state index in [0.717, 1.165) is 0 Å². The summed E-state index contributed by atoms with van der Waals surface area (Å²) in [6, 6.07) is 1.92. The van der Waals surface area contributed by atoms with E-state index >= 15 is 0 Å². The summed E-state index contributed by atoms with van der Waals surface area (Å²) in [7, 11) is 0. The van der Waals surface area contributed by atoms with Crippen LogP contribution in [0.25, 0.3) is 0 Å². The monoisotopic (exact) mass is 213 g/mol. The first-order chi connectivity index (χ1) is 5.05. The van der Waals surface area contributed by atoms with Crippen LogP contribution in [0.3, 0.4) is 0 Å². The number of hydrogen-bond acceptors (Lipinski definition) is 2. The zero-order valence-corrected chi connectivity index (χ0v) is 7.72. The number of alkyl halides is 1. The van der Waals surface area contributed by atoms with Crippen molar-refractivity contribution >= 4 is 15.9 Å². The molecule has 0 radical (unpaired) electrons. The molecule has 0 aliphatic heterocycles. The van der Waals surface area contributed by atoms with Crippen molar-refractivity contribution in [2.24, 2.45) is 0 Å². The molecule has 0 saturated heterocycles. The SMILES string of the molecule is CC1(Br)C=C(C#N)C(O)=CC1. The molecule has 58 valence electrons. The Balaban J connectivity index is 2.99. The molecule has 0 heterocycles. The molecule has 3 heteroatoms. The second-order valence-corrected chi connectivity index (χ2v) is 4.55. The molecule has 0 spiro atoms. The van der Waals surface area contributed by atoms with E-state index in [1.54, 1.807) is 12.2 Å². The second kappa shape index (κ2) is 2.71. The van der Waals surface area contributed by atoms with Crippen LogP contribution in [0.1, 0.15) is 13.3 Å². The van der Waals surface area contributed by atoms with Gasteiger partial charge in [0.2, 0.25) is 0 Å². The minimum absolute atomic E-state index is 0.0874. The van der Waals surface area contributed by atoms with Crippen molar-refractivity contribution in [3.63, 3.8) is 0 Å². The van der Waals surface area contributed by atoms with Gasteiger partial charge in [0, 0.05) is 4.32 Å². The summed E-state index contributed by atoms with van der Waals surface area (Å²) >= 11 is 3.42. The second-order valence-electron chi connectivity index (χ2n) is 2.74. The third-order valence-corrected chi connectivity index (χ3v) is 2.09. The number of halogens is 1. The van der Waals surface area contributed by atoms with Gasteiger partial charge in [-0.05, 0) is 25.5 Å². The van der Waals surface area contributed by atoms with E-state index in [2.05, 4.69) is 15.9 Å². The average molecular weight is 214 g/mol. The zero-order chi connectivity index (χ0) is 8.48.